The zero-order chi connectivity index (χ0) is 41.7. The Hall–Kier alpha value is -8.55. The fourth-order valence-corrected chi connectivity index (χ4v) is 7.73. The molecular formula is C55H36N6O. The lowest BCUT2D eigenvalue weighted by atomic mass is 9.98. The van der Waals surface area contributed by atoms with E-state index in [1.165, 1.54) is 0 Å². The fraction of sp³-hybridized carbons (Fsp3) is 0. The van der Waals surface area contributed by atoms with E-state index >= 15 is 4.79 Å². The third kappa shape index (κ3) is 7.58. The van der Waals surface area contributed by atoms with E-state index in [-0.39, 0.29) is 11.6 Å². The van der Waals surface area contributed by atoms with Crippen molar-refractivity contribution in [2.24, 2.45) is 0 Å². The lowest BCUT2D eigenvalue weighted by Crippen LogP contribution is -2.16. The Kier molecular flexibility index (Phi) is 10.3. The molecule has 0 radical (unpaired) electrons. The summed E-state index contributed by atoms with van der Waals surface area (Å²) in [5.74, 6) is 0.637. The van der Waals surface area contributed by atoms with Crippen molar-refractivity contribution < 1.29 is 4.79 Å². The van der Waals surface area contributed by atoms with Crippen LogP contribution in [0.2, 0.25) is 0 Å². The zero-order valence-electron chi connectivity index (χ0n) is 33.4. The van der Waals surface area contributed by atoms with Crippen molar-refractivity contribution in [3.8, 4) is 90.1 Å². The van der Waals surface area contributed by atoms with E-state index in [4.69, 9.17) is 29.9 Å². The van der Waals surface area contributed by atoms with E-state index in [0.29, 0.717) is 23.3 Å². The number of carbonyl (C=O) groups is 1. The maximum absolute atomic E-state index is 15.3. The summed E-state index contributed by atoms with van der Waals surface area (Å²) < 4.78 is 0. The van der Waals surface area contributed by atoms with Gasteiger partial charge in [0, 0.05) is 22.3 Å². The van der Waals surface area contributed by atoms with Crippen LogP contribution < -0.4 is 0 Å². The van der Waals surface area contributed by atoms with E-state index in [1.54, 1.807) is 0 Å². The molecule has 292 valence electrons. The highest BCUT2D eigenvalue weighted by atomic mass is 16.1. The van der Waals surface area contributed by atoms with Crippen LogP contribution in [0.15, 0.2) is 218 Å². The van der Waals surface area contributed by atoms with Gasteiger partial charge in [0.25, 0.3) is 5.78 Å². The Bertz CT molecular complexity index is 2780. The second kappa shape index (κ2) is 17.0. The van der Waals surface area contributed by atoms with Gasteiger partial charge >= 0.3 is 0 Å². The molecule has 0 amide bonds. The number of nitrogens with zero attached hydrogens (tertiary/aromatic N) is 6. The molecule has 0 aliphatic rings. The van der Waals surface area contributed by atoms with Crippen LogP contribution in [-0.2, 0) is 0 Å². The van der Waals surface area contributed by atoms with Crippen molar-refractivity contribution in [3.63, 3.8) is 0 Å². The maximum atomic E-state index is 15.3. The first-order valence-electron chi connectivity index (χ1n) is 20.3. The molecule has 0 spiro atoms. The number of ketones is 1. The van der Waals surface area contributed by atoms with E-state index in [0.717, 1.165) is 66.8 Å². The molecule has 10 rings (SSSR count). The van der Waals surface area contributed by atoms with Crippen molar-refractivity contribution in [2.45, 2.75) is 0 Å². The van der Waals surface area contributed by atoms with Gasteiger partial charge < -0.3 is 0 Å². The Labute approximate surface area is 359 Å². The minimum Gasteiger partial charge on any atom is -0.281 e. The lowest BCUT2D eigenvalue weighted by Gasteiger charge is -2.14. The normalized spacial score (nSPS) is 11.0. The van der Waals surface area contributed by atoms with Gasteiger partial charge in [-0.15, -0.1) is 0 Å². The molecular weight excluding hydrogens is 761 g/mol. The largest absolute Gasteiger partial charge is 0.281 e. The summed E-state index contributed by atoms with van der Waals surface area (Å²) in [5.41, 5.74) is 10.6. The number of hydrogen-bond acceptors (Lipinski definition) is 7. The highest BCUT2D eigenvalue weighted by molar-refractivity contribution is 6.05. The van der Waals surface area contributed by atoms with Crippen LogP contribution in [-0.4, -0.2) is 35.7 Å². The maximum Gasteiger partial charge on any atom is 0.267 e. The van der Waals surface area contributed by atoms with Crippen LogP contribution >= 0.6 is 0 Å². The number of rotatable bonds is 10. The molecule has 7 heteroatoms. The molecule has 7 nitrogen and oxygen atoms in total. The summed E-state index contributed by atoms with van der Waals surface area (Å²) in [6.45, 7) is 0. The van der Waals surface area contributed by atoms with Crippen LogP contribution in [0.1, 0.15) is 16.4 Å². The first-order valence-corrected chi connectivity index (χ1v) is 20.3. The van der Waals surface area contributed by atoms with Crippen molar-refractivity contribution in [1.29, 1.82) is 0 Å². The monoisotopic (exact) mass is 796 g/mol. The van der Waals surface area contributed by atoms with Crippen molar-refractivity contribution in [3.05, 3.63) is 230 Å². The number of carbonyl (C=O) groups excluding carboxylic acids is 1. The Morgan fingerprint density at radius 2 is 0.419 bits per heavy atom. The molecule has 2 heterocycles. The molecule has 0 fully saturated rings. The van der Waals surface area contributed by atoms with Gasteiger partial charge in [-0.05, 0) is 44.5 Å². The first-order chi connectivity index (χ1) is 30.7. The molecule has 0 aliphatic heterocycles. The molecule has 0 unspecified atom stereocenters. The van der Waals surface area contributed by atoms with Gasteiger partial charge in [0.1, 0.15) is 0 Å². The third-order valence-electron chi connectivity index (χ3n) is 10.7. The van der Waals surface area contributed by atoms with E-state index in [9.17, 15) is 0 Å². The molecule has 8 aromatic carbocycles. The average Bonchev–Trinajstić information content (AvgIpc) is 3.37. The van der Waals surface area contributed by atoms with Gasteiger partial charge in [-0.2, -0.15) is 0 Å². The Morgan fingerprint density at radius 3 is 0.645 bits per heavy atom. The van der Waals surface area contributed by atoms with Gasteiger partial charge in [-0.25, -0.2) is 29.9 Å². The zero-order valence-corrected chi connectivity index (χ0v) is 33.4. The van der Waals surface area contributed by atoms with E-state index in [1.807, 2.05) is 218 Å². The number of benzene rings is 8. The third-order valence-corrected chi connectivity index (χ3v) is 10.7. The van der Waals surface area contributed by atoms with Gasteiger partial charge in [0.2, 0.25) is 11.6 Å². The van der Waals surface area contributed by atoms with Crippen molar-refractivity contribution in [1.82, 2.24) is 29.9 Å². The molecule has 0 bridgehead atoms. The van der Waals surface area contributed by atoms with Crippen molar-refractivity contribution in [2.75, 3.05) is 0 Å². The van der Waals surface area contributed by atoms with Gasteiger partial charge in [-0.3, -0.25) is 4.79 Å². The number of hydrogen-bond donors (Lipinski definition) is 0. The molecule has 0 atom stereocenters. The van der Waals surface area contributed by atoms with Crippen LogP contribution in [0.5, 0.6) is 0 Å². The predicted octanol–water partition coefficient (Wildman–Crippen LogP) is 12.6. The number of aromatic nitrogens is 6. The second-order valence-electron chi connectivity index (χ2n) is 14.6. The van der Waals surface area contributed by atoms with E-state index in [2.05, 4.69) is 0 Å². The van der Waals surface area contributed by atoms with Gasteiger partial charge in [-0.1, -0.05) is 218 Å². The molecule has 0 saturated heterocycles. The summed E-state index contributed by atoms with van der Waals surface area (Å²) in [7, 11) is 0. The molecule has 10 aromatic rings. The summed E-state index contributed by atoms with van der Waals surface area (Å²) in [4.78, 5) is 45.4. The molecule has 0 N–H and O–H groups in total. The molecule has 0 saturated carbocycles. The molecule has 2 aromatic heterocycles. The standard InChI is InChI=1S/C55H36N6O/c62-49(54-58-50(45-33-17-13-29-41(45)37-21-5-1-6-22-37)56-51(59-54)46-34-18-14-30-42(46)38-23-7-2-8-24-38)55-60-52(47-35-19-15-31-43(47)39-25-9-3-10-26-39)57-53(61-55)48-36-20-16-32-44(48)40-27-11-4-12-28-40/h1-36H. The van der Waals surface area contributed by atoms with Crippen LogP contribution in [0.25, 0.3) is 90.1 Å². The molecule has 0 aliphatic carbocycles. The van der Waals surface area contributed by atoms with Crippen molar-refractivity contribution >= 4 is 5.78 Å². The van der Waals surface area contributed by atoms with Crippen LogP contribution in [0.4, 0.5) is 0 Å². The summed E-state index contributed by atoms with van der Waals surface area (Å²) in [6, 6.07) is 72.1. The van der Waals surface area contributed by atoms with E-state index < -0.39 is 5.78 Å². The Morgan fingerprint density at radius 1 is 0.226 bits per heavy atom. The first kappa shape index (κ1) is 37.7. The van der Waals surface area contributed by atoms with Crippen LogP contribution in [0.3, 0.4) is 0 Å². The van der Waals surface area contributed by atoms with Gasteiger partial charge in [0.05, 0.1) is 0 Å². The minimum absolute atomic E-state index is 0.0912. The lowest BCUT2D eigenvalue weighted by molar-refractivity contribution is 0.101. The smallest absolute Gasteiger partial charge is 0.267 e. The topological polar surface area (TPSA) is 94.4 Å². The highest BCUT2D eigenvalue weighted by Crippen LogP contribution is 2.36. The SMILES string of the molecule is O=C(c1nc(-c2ccccc2-c2ccccc2)nc(-c2ccccc2-c2ccccc2)n1)c1nc(-c2ccccc2-c2ccccc2)nc(-c2ccccc2-c2ccccc2)n1. The second-order valence-corrected chi connectivity index (χ2v) is 14.6. The molecule has 62 heavy (non-hydrogen) atoms. The minimum atomic E-state index is -0.566. The summed E-state index contributed by atoms with van der Waals surface area (Å²) >= 11 is 0. The summed E-state index contributed by atoms with van der Waals surface area (Å²) in [6.07, 6.45) is 0. The predicted molar refractivity (Wildman–Crippen MR) is 247 cm³/mol. The average molecular weight is 797 g/mol. The van der Waals surface area contributed by atoms with Gasteiger partial charge in [0.15, 0.2) is 23.3 Å². The highest BCUT2D eigenvalue weighted by Gasteiger charge is 2.25. The quantitative estimate of drug-likeness (QED) is 0.127. The summed E-state index contributed by atoms with van der Waals surface area (Å²) in [5, 5.41) is 0. The fourth-order valence-electron chi connectivity index (χ4n) is 7.73. The Balaban J connectivity index is 1.20. The van der Waals surface area contributed by atoms with Crippen LogP contribution in [0, 0.1) is 0 Å².